The van der Waals surface area contributed by atoms with E-state index in [0.717, 1.165) is 23.6 Å². The molecule has 1 aromatic carbocycles. The van der Waals surface area contributed by atoms with Gasteiger partial charge in [-0.15, -0.1) is 0 Å². The standard InChI is InChI=1S/C15H17Cl2N3O2/c1-4-20-10(3)15(9(2)19-20)18-14(21)8-22-13-6-5-11(16)7-12(13)17/h5-7H,4,8H2,1-3H3,(H,18,21). The van der Waals surface area contributed by atoms with Crippen LogP contribution in [0.5, 0.6) is 5.75 Å². The molecule has 0 spiro atoms. The van der Waals surface area contributed by atoms with Crippen molar-refractivity contribution in [3.63, 3.8) is 0 Å². The van der Waals surface area contributed by atoms with E-state index in [1.807, 2.05) is 25.5 Å². The quantitative estimate of drug-likeness (QED) is 0.898. The molecule has 0 radical (unpaired) electrons. The maximum absolute atomic E-state index is 12.0. The van der Waals surface area contributed by atoms with Crippen LogP contribution >= 0.6 is 23.2 Å². The van der Waals surface area contributed by atoms with Gasteiger partial charge in [-0.25, -0.2) is 0 Å². The third-order valence-corrected chi connectivity index (χ3v) is 3.73. The van der Waals surface area contributed by atoms with Crippen LogP contribution in [0.25, 0.3) is 0 Å². The Labute approximate surface area is 139 Å². The highest BCUT2D eigenvalue weighted by Gasteiger charge is 2.14. The number of aryl methyl sites for hydroxylation is 2. The number of anilines is 1. The molecule has 0 unspecified atom stereocenters. The van der Waals surface area contributed by atoms with Crippen LogP contribution in [0, 0.1) is 13.8 Å². The minimum absolute atomic E-state index is 0.141. The molecule has 2 rings (SSSR count). The van der Waals surface area contributed by atoms with Gasteiger partial charge >= 0.3 is 0 Å². The molecule has 7 heteroatoms. The van der Waals surface area contributed by atoms with Gasteiger partial charge in [-0.05, 0) is 39.0 Å². The van der Waals surface area contributed by atoms with E-state index in [9.17, 15) is 4.79 Å². The molecule has 2 aromatic rings. The van der Waals surface area contributed by atoms with Crippen molar-refractivity contribution in [1.82, 2.24) is 9.78 Å². The Morgan fingerprint density at radius 3 is 2.68 bits per heavy atom. The number of nitrogens with one attached hydrogen (secondary N) is 1. The predicted octanol–water partition coefficient (Wildman–Crippen LogP) is 3.84. The lowest BCUT2D eigenvalue weighted by Gasteiger charge is -2.09. The highest BCUT2D eigenvalue weighted by atomic mass is 35.5. The number of rotatable bonds is 5. The van der Waals surface area contributed by atoms with Crippen molar-refractivity contribution in [2.75, 3.05) is 11.9 Å². The van der Waals surface area contributed by atoms with E-state index < -0.39 is 0 Å². The molecule has 0 aliphatic heterocycles. The van der Waals surface area contributed by atoms with Gasteiger partial charge in [-0.1, -0.05) is 23.2 Å². The van der Waals surface area contributed by atoms with Crippen LogP contribution in [0.1, 0.15) is 18.3 Å². The average molecular weight is 342 g/mol. The Balaban J connectivity index is 2.00. The number of carbonyl (C=O) groups is 1. The first-order chi connectivity index (χ1) is 10.4. The lowest BCUT2D eigenvalue weighted by Crippen LogP contribution is -2.21. The van der Waals surface area contributed by atoms with Crippen LogP contribution in [-0.2, 0) is 11.3 Å². The number of benzene rings is 1. The van der Waals surface area contributed by atoms with Crippen molar-refractivity contribution < 1.29 is 9.53 Å². The van der Waals surface area contributed by atoms with E-state index in [-0.39, 0.29) is 12.5 Å². The highest BCUT2D eigenvalue weighted by molar-refractivity contribution is 6.35. The second-order valence-electron chi connectivity index (χ2n) is 4.77. The molecule has 22 heavy (non-hydrogen) atoms. The number of nitrogens with zero attached hydrogens (tertiary/aromatic N) is 2. The minimum Gasteiger partial charge on any atom is -0.482 e. The maximum Gasteiger partial charge on any atom is 0.262 e. The van der Waals surface area contributed by atoms with Gasteiger partial charge in [0.25, 0.3) is 5.91 Å². The van der Waals surface area contributed by atoms with Gasteiger partial charge in [0.15, 0.2) is 6.61 Å². The second kappa shape index (κ2) is 7.03. The van der Waals surface area contributed by atoms with E-state index in [1.54, 1.807) is 18.2 Å². The molecular weight excluding hydrogens is 325 g/mol. The van der Waals surface area contributed by atoms with Crippen LogP contribution < -0.4 is 10.1 Å². The van der Waals surface area contributed by atoms with Gasteiger partial charge in [0, 0.05) is 11.6 Å². The molecule has 5 nitrogen and oxygen atoms in total. The van der Waals surface area contributed by atoms with Gasteiger partial charge in [0.05, 0.1) is 22.1 Å². The number of ether oxygens (including phenoxy) is 1. The zero-order valence-electron chi connectivity index (χ0n) is 12.6. The largest absolute Gasteiger partial charge is 0.482 e. The summed E-state index contributed by atoms with van der Waals surface area (Å²) in [6.07, 6.45) is 0. The topological polar surface area (TPSA) is 56.2 Å². The molecule has 0 saturated heterocycles. The Morgan fingerprint density at radius 2 is 2.09 bits per heavy atom. The first-order valence-electron chi connectivity index (χ1n) is 6.84. The SMILES string of the molecule is CCn1nc(C)c(NC(=O)COc2ccc(Cl)cc2Cl)c1C. The van der Waals surface area contributed by atoms with Gasteiger partial charge in [-0.3, -0.25) is 9.48 Å². The summed E-state index contributed by atoms with van der Waals surface area (Å²) in [7, 11) is 0. The van der Waals surface area contributed by atoms with E-state index in [4.69, 9.17) is 27.9 Å². The maximum atomic E-state index is 12.0. The molecule has 1 amide bonds. The number of aromatic nitrogens is 2. The normalized spacial score (nSPS) is 10.6. The number of hydrogen-bond acceptors (Lipinski definition) is 3. The summed E-state index contributed by atoms with van der Waals surface area (Å²) in [6, 6.07) is 4.85. The van der Waals surface area contributed by atoms with Crippen molar-refractivity contribution in [3.05, 3.63) is 39.6 Å². The summed E-state index contributed by atoms with van der Waals surface area (Å²) < 4.78 is 7.24. The summed E-state index contributed by atoms with van der Waals surface area (Å²) in [5.41, 5.74) is 2.41. The van der Waals surface area contributed by atoms with Gasteiger partial charge < -0.3 is 10.1 Å². The summed E-state index contributed by atoms with van der Waals surface area (Å²) in [4.78, 5) is 12.0. The Hall–Kier alpha value is -1.72. The fourth-order valence-corrected chi connectivity index (χ4v) is 2.56. The minimum atomic E-state index is -0.270. The molecule has 1 aromatic heterocycles. The number of hydrogen-bond donors (Lipinski definition) is 1. The zero-order valence-corrected chi connectivity index (χ0v) is 14.1. The number of halogens is 2. The van der Waals surface area contributed by atoms with Crippen LogP contribution in [0.3, 0.4) is 0 Å². The molecule has 0 aliphatic carbocycles. The molecule has 0 aliphatic rings. The summed E-state index contributed by atoms with van der Waals surface area (Å²) in [6.45, 7) is 6.37. The molecular formula is C15H17Cl2N3O2. The molecule has 0 bridgehead atoms. The number of amides is 1. The van der Waals surface area contributed by atoms with Crippen LogP contribution in [0.4, 0.5) is 5.69 Å². The monoisotopic (exact) mass is 341 g/mol. The molecule has 0 fully saturated rings. The third-order valence-electron chi connectivity index (χ3n) is 3.20. The lowest BCUT2D eigenvalue weighted by atomic mass is 10.3. The van der Waals surface area contributed by atoms with Crippen LogP contribution in [-0.4, -0.2) is 22.3 Å². The fourth-order valence-electron chi connectivity index (χ4n) is 2.10. The van der Waals surface area contributed by atoms with E-state index in [2.05, 4.69) is 10.4 Å². The fraction of sp³-hybridized carbons (Fsp3) is 0.333. The molecule has 0 atom stereocenters. The van der Waals surface area contributed by atoms with Gasteiger partial charge in [-0.2, -0.15) is 5.10 Å². The Bertz CT molecular complexity index is 698. The predicted molar refractivity (Wildman–Crippen MR) is 88.0 cm³/mol. The first kappa shape index (κ1) is 16.6. The van der Waals surface area contributed by atoms with Crippen molar-refractivity contribution in [2.24, 2.45) is 0 Å². The van der Waals surface area contributed by atoms with E-state index in [1.165, 1.54) is 0 Å². The molecule has 118 valence electrons. The summed E-state index contributed by atoms with van der Waals surface area (Å²) >= 11 is 11.8. The Kier molecular flexibility index (Phi) is 5.32. The van der Waals surface area contributed by atoms with Crippen LogP contribution in [0.15, 0.2) is 18.2 Å². The lowest BCUT2D eigenvalue weighted by molar-refractivity contribution is -0.118. The third kappa shape index (κ3) is 3.72. The molecule has 1 heterocycles. The number of carbonyl (C=O) groups excluding carboxylic acids is 1. The molecule has 0 saturated carbocycles. The van der Waals surface area contributed by atoms with Crippen LogP contribution in [0.2, 0.25) is 10.0 Å². The van der Waals surface area contributed by atoms with Crippen molar-refractivity contribution in [3.8, 4) is 5.75 Å². The molecule has 1 N–H and O–H groups in total. The van der Waals surface area contributed by atoms with Crippen molar-refractivity contribution in [2.45, 2.75) is 27.3 Å². The second-order valence-corrected chi connectivity index (χ2v) is 5.62. The highest BCUT2D eigenvalue weighted by Crippen LogP contribution is 2.27. The van der Waals surface area contributed by atoms with E-state index in [0.29, 0.717) is 15.8 Å². The first-order valence-corrected chi connectivity index (χ1v) is 7.59. The van der Waals surface area contributed by atoms with Crippen molar-refractivity contribution >= 4 is 34.8 Å². The van der Waals surface area contributed by atoms with Crippen molar-refractivity contribution in [1.29, 1.82) is 0 Å². The summed E-state index contributed by atoms with van der Waals surface area (Å²) in [5, 5.41) is 8.05. The zero-order chi connectivity index (χ0) is 16.3. The van der Waals surface area contributed by atoms with E-state index >= 15 is 0 Å². The smallest absolute Gasteiger partial charge is 0.262 e. The van der Waals surface area contributed by atoms with Gasteiger partial charge in [0.2, 0.25) is 0 Å². The Morgan fingerprint density at radius 1 is 1.36 bits per heavy atom. The van der Waals surface area contributed by atoms with Gasteiger partial charge in [0.1, 0.15) is 5.75 Å². The summed E-state index contributed by atoms with van der Waals surface area (Å²) in [5.74, 6) is 0.145. The average Bonchev–Trinajstić information content (AvgIpc) is 2.74.